The van der Waals surface area contributed by atoms with E-state index < -0.39 is 0 Å². The highest BCUT2D eigenvalue weighted by atomic mass is 35.5. The third kappa shape index (κ3) is 3.58. The van der Waals surface area contributed by atoms with Gasteiger partial charge >= 0.3 is 0 Å². The Morgan fingerprint density at radius 1 is 1.08 bits per heavy atom. The SMILES string of the molecule is O=C(CCc1ccc(Cl)cc1)N1CCC(c2nnc3ccccn23)CC1. The Morgan fingerprint density at radius 2 is 1.85 bits per heavy atom. The van der Waals surface area contributed by atoms with Crippen molar-refractivity contribution in [3.05, 3.63) is 65.1 Å². The molecule has 1 aliphatic rings. The predicted molar refractivity (Wildman–Crippen MR) is 101 cm³/mol. The summed E-state index contributed by atoms with van der Waals surface area (Å²) in [6.45, 7) is 1.57. The van der Waals surface area contributed by atoms with Crippen LogP contribution in [0.4, 0.5) is 0 Å². The number of piperidine rings is 1. The summed E-state index contributed by atoms with van der Waals surface area (Å²) in [4.78, 5) is 14.5. The van der Waals surface area contributed by atoms with Gasteiger partial charge < -0.3 is 4.90 Å². The number of carbonyl (C=O) groups is 1. The molecule has 1 saturated heterocycles. The van der Waals surface area contributed by atoms with Crippen LogP contribution in [-0.2, 0) is 11.2 Å². The van der Waals surface area contributed by atoms with Crippen molar-refractivity contribution in [3.63, 3.8) is 0 Å². The number of aryl methyl sites for hydroxylation is 1. The topological polar surface area (TPSA) is 50.5 Å². The van der Waals surface area contributed by atoms with Gasteiger partial charge in [-0.1, -0.05) is 29.8 Å². The van der Waals surface area contributed by atoms with Gasteiger partial charge in [0.2, 0.25) is 5.91 Å². The number of aromatic nitrogens is 3. The number of rotatable bonds is 4. The van der Waals surface area contributed by atoms with Crippen molar-refractivity contribution in [1.82, 2.24) is 19.5 Å². The predicted octanol–water partition coefficient (Wildman–Crippen LogP) is 3.72. The van der Waals surface area contributed by atoms with Crippen LogP contribution in [0.15, 0.2) is 48.7 Å². The molecule has 1 fully saturated rings. The third-order valence-electron chi connectivity index (χ3n) is 5.09. The van der Waals surface area contributed by atoms with E-state index in [2.05, 4.69) is 14.6 Å². The molecule has 4 rings (SSSR count). The first-order valence-electron chi connectivity index (χ1n) is 9.02. The summed E-state index contributed by atoms with van der Waals surface area (Å²) in [5.41, 5.74) is 2.02. The first-order chi connectivity index (χ1) is 12.7. The van der Waals surface area contributed by atoms with Crippen molar-refractivity contribution in [2.45, 2.75) is 31.6 Å². The van der Waals surface area contributed by atoms with Crippen molar-refractivity contribution >= 4 is 23.2 Å². The molecule has 134 valence electrons. The molecule has 5 nitrogen and oxygen atoms in total. The van der Waals surface area contributed by atoms with E-state index in [0.29, 0.717) is 12.3 Å². The molecule has 26 heavy (non-hydrogen) atoms. The van der Waals surface area contributed by atoms with Crippen LogP contribution < -0.4 is 0 Å². The zero-order chi connectivity index (χ0) is 17.9. The minimum atomic E-state index is 0.226. The van der Waals surface area contributed by atoms with E-state index in [9.17, 15) is 4.79 Å². The van der Waals surface area contributed by atoms with Crippen molar-refractivity contribution in [3.8, 4) is 0 Å². The summed E-state index contributed by atoms with van der Waals surface area (Å²) in [6.07, 6.45) is 5.17. The van der Waals surface area contributed by atoms with Crippen LogP contribution in [0.2, 0.25) is 5.02 Å². The molecule has 1 amide bonds. The second kappa shape index (κ2) is 7.46. The van der Waals surface area contributed by atoms with E-state index in [1.165, 1.54) is 0 Å². The lowest BCUT2D eigenvalue weighted by Gasteiger charge is -2.31. The summed E-state index contributed by atoms with van der Waals surface area (Å²) in [7, 11) is 0. The molecule has 0 bridgehead atoms. The van der Waals surface area contributed by atoms with Gasteiger partial charge in [0.05, 0.1) is 0 Å². The van der Waals surface area contributed by atoms with Crippen LogP contribution in [0.3, 0.4) is 0 Å². The number of likely N-dealkylation sites (tertiary alicyclic amines) is 1. The lowest BCUT2D eigenvalue weighted by atomic mass is 9.95. The number of carbonyl (C=O) groups excluding carboxylic acids is 1. The number of nitrogens with zero attached hydrogens (tertiary/aromatic N) is 4. The highest BCUT2D eigenvalue weighted by Crippen LogP contribution is 2.27. The van der Waals surface area contributed by atoms with Gasteiger partial charge in [-0.05, 0) is 49.1 Å². The van der Waals surface area contributed by atoms with Gasteiger partial charge in [-0.15, -0.1) is 10.2 Å². The standard InChI is InChI=1S/C20H21ClN4O/c21-17-7-4-15(5-8-17)6-9-19(26)24-13-10-16(11-14-24)20-23-22-18-3-1-2-12-25(18)20/h1-5,7-8,12,16H,6,9-11,13-14H2. The molecule has 1 aromatic carbocycles. The summed E-state index contributed by atoms with van der Waals surface area (Å²) >= 11 is 5.90. The van der Waals surface area contributed by atoms with E-state index in [4.69, 9.17) is 11.6 Å². The van der Waals surface area contributed by atoms with Crippen LogP contribution in [-0.4, -0.2) is 38.5 Å². The number of fused-ring (bicyclic) bond motifs is 1. The number of hydrogen-bond donors (Lipinski definition) is 0. The fourth-order valence-electron chi connectivity index (χ4n) is 3.59. The molecule has 0 spiro atoms. The van der Waals surface area contributed by atoms with E-state index in [1.54, 1.807) is 0 Å². The molecule has 0 unspecified atom stereocenters. The summed E-state index contributed by atoms with van der Waals surface area (Å²) in [6, 6.07) is 13.6. The molecule has 0 radical (unpaired) electrons. The lowest BCUT2D eigenvalue weighted by molar-refractivity contribution is -0.132. The Bertz CT molecular complexity index is 898. The molecule has 3 heterocycles. The Labute approximate surface area is 157 Å². The van der Waals surface area contributed by atoms with Crippen LogP contribution in [0.5, 0.6) is 0 Å². The second-order valence-electron chi connectivity index (χ2n) is 6.77. The molecule has 2 aromatic heterocycles. The van der Waals surface area contributed by atoms with Crippen molar-refractivity contribution in [2.75, 3.05) is 13.1 Å². The van der Waals surface area contributed by atoms with Gasteiger partial charge in [0.15, 0.2) is 5.65 Å². The summed E-state index contributed by atoms with van der Waals surface area (Å²) in [5.74, 6) is 1.59. The summed E-state index contributed by atoms with van der Waals surface area (Å²) < 4.78 is 2.06. The smallest absolute Gasteiger partial charge is 0.222 e. The molecular weight excluding hydrogens is 348 g/mol. The fraction of sp³-hybridized carbons (Fsp3) is 0.350. The number of benzene rings is 1. The maximum Gasteiger partial charge on any atom is 0.222 e. The zero-order valence-corrected chi connectivity index (χ0v) is 15.3. The van der Waals surface area contributed by atoms with Crippen molar-refractivity contribution in [1.29, 1.82) is 0 Å². The van der Waals surface area contributed by atoms with E-state index in [-0.39, 0.29) is 5.91 Å². The summed E-state index contributed by atoms with van der Waals surface area (Å²) in [5, 5.41) is 9.34. The van der Waals surface area contributed by atoms with Crippen LogP contribution in [0, 0.1) is 0 Å². The minimum Gasteiger partial charge on any atom is -0.343 e. The van der Waals surface area contributed by atoms with Gasteiger partial charge in [0.1, 0.15) is 5.82 Å². The lowest BCUT2D eigenvalue weighted by Crippen LogP contribution is -2.38. The molecule has 1 aliphatic heterocycles. The van der Waals surface area contributed by atoms with Crippen LogP contribution in [0.25, 0.3) is 5.65 Å². The zero-order valence-electron chi connectivity index (χ0n) is 14.5. The fourth-order valence-corrected chi connectivity index (χ4v) is 3.71. The van der Waals surface area contributed by atoms with Crippen molar-refractivity contribution < 1.29 is 4.79 Å². The highest BCUT2D eigenvalue weighted by Gasteiger charge is 2.26. The van der Waals surface area contributed by atoms with E-state index >= 15 is 0 Å². The molecule has 6 heteroatoms. The number of hydrogen-bond acceptors (Lipinski definition) is 3. The van der Waals surface area contributed by atoms with Crippen LogP contribution in [0.1, 0.15) is 36.6 Å². The largest absolute Gasteiger partial charge is 0.343 e. The molecular formula is C20H21ClN4O. The minimum absolute atomic E-state index is 0.226. The highest BCUT2D eigenvalue weighted by molar-refractivity contribution is 6.30. The number of amides is 1. The Hall–Kier alpha value is -2.40. The van der Waals surface area contributed by atoms with Crippen molar-refractivity contribution in [2.24, 2.45) is 0 Å². The Balaban J connectivity index is 1.33. The van der Waals surface area contributed by atoms with Gasteiger partial charge in [0, 0.05) is 36.6 Å². The maximum atomic E-state index is 12.5. The maximum absolute atomic E-state index is 12.5. The first kappa shape index (κ1) is 17.0. The monoisotopic (exact) mass is 368 g/mol. The third-order valence-corrected chi connectivity index (χ3v) is 5.35. The Morgan fingerprint density at radius 3 is 2.62 bits per heavy atom. The normalized spacial score (nSPS) is 15.5. The van der Waals surface area contributed by atoms with Crippen LogP contribution >= 0.6 is 11.6 Å². The molecule has 0 N–H and O–H groups in total. The Kier molecular flexibility index (Phi) is 4.89. The van der Waals surface area contributed by atoms with Gasteiger partial charge in [-0.2, -0.15) is 0 Å². The molecule has 0 saturated carbocycles. The van der Waals surface area contributed by atoms with Gasteiger partial charge in [0.25, 0.3) is 0 Å². The molecule has 0 aliphatic carbocycles. The second-order valence-corrected chi connectivity index (χ2v) is 7.21. The molecule has 3 aromatic rings. The average molecular weight is 369 g/mol. The average Bonchev–Trinajstić information content (AvgIpc) is 3.11. The van der Waals surface area contributed by atoms with E-state index in [0.717, 1.165) is 54.4 Å². The van der Waals surface area contributed by atoms with Gasteiger partial charge in [-0.25, -0.2) is 0 Å². The van der Waals surface area contributed by atoms with Gasteiger partial charge in [-0.3, -0.25) is 9.20 Å². The number of halogens is 1. The van der Waals surface area contributed by atoms with E-state index in [1.807, 2.05) is 53.6 Å². The first-order valence-corrected chi connectivity index (χ1v) is 9.40. The number of pyridine rings is 1. The molecule has 0 atom stereocenters. The quantitative estimate of drug-likeness (QED) is 0.705.